The normalized spacial score (nSPS) is 20.0. The van der Waals surface area contributed by atoms with E-state index < -0.39 is 0 Å². The Balaban J connectivity index is 1.97. The van der Waals surface area contributed by atoms with E-state index in [1.165, 1.54) is 26.0 Å². The number of H-pyrrole nitrogens is 1. The average Bonchev–Trinajstić information content (AvgIpc) is 2.73. The van der Waals surface area contributed by atoms with Crippen LogP contribution in [0.25, 0.3) is 11.0 Å². The Morgan fingerprint density at radius 3 is 3.00 bits per heavy atom. The Morgan fingerprint density at radius 2 is 2.29 bits per heavy atom. The number of aromatic amines is 1. The third-order valence-electron chi connectivity index (χ3n) is 4.21. The Kier molecular flexibility index (Phi) is 3.99. The molecule has 4 nitrogen and oxygen atoms in total. The number of nitrogens with one attached hydrogen (secondary N) is 1. The summed E-state index contributed by atoms with van der Waals surface area (Å²) in [4.78, 5) is 5.44. The molecular weight excluding hydrogens is 289 g/mol. The minimum Gasteiger partial charge on any atom is -0.494 e. The summed E-state index contributed by atoms with van der Waals surface area (Å²) in [6.45, 7) is 3.10. The van der Waals surface area contributed by atoms with Crippen molar-refractivity contribution in [2.45, 2.75) is 19.4 Å². The van der Waals surface area contributed by atoms with Gasteiger partial charge in [-0.15, -0.1) is 0 Å². The van der Waals surface area contributed by atoms with Crippen LogP contribution in [0.2, 0.25) is 0 Å². The molecule has 1 atom stereocenters. The number of benzene rings is 1. The van der Waals surface area contributed by atoms with Gasteiger partial charge in [-0.05, 0) is 44.6 Å². The molecule has 2 heterocycles. The third kappa shape index (κ3) is 2.82. The fourth-order valence-corrected chi connectivity index (χ4v) is 3.46. The summed E-state index contributed by atoms with van der Waals surface area (Å²) in [5.41, 5.74) is 1.63. The van der Waals surface area contributed by atoms with Gasteiger partial charge >= 0.3 is 0 Å². The first-order chi connectivity index (χ1) is 10.1. The lowest BCUT2D eigenvalue weighted by Gasteiger charge is -2.29. The Bertz CT molecular complexity index is 709. The van der Waals surface area contributed by atoms with Crippen molar-refractivity contribution in [3.05, 3.63) is 22.7 Å². The predicted octanol–water partition coefficient (Wildman–Crippen LogP) is 3.19. The summed E-state index contributed by atoms with van der Waals surface area (Å²) in [6.07, 6.45) is 2.42. The summed E-state index contributed by atoms with van der Waals surface area (Å²) in [5.74, 6) is 0.460. The molecule has 2 aromatic rings. The summed E-state index contributed by atoms with van der Waals surface area (Å²) in [6, 6.07) is 3.18. The van der Waals surface area contributed by atoms with Crippen LogP contribution in [0.1, 0.15) is 12.8 Å². The van der Waals surface area contributed by atoms with Crippen molar-refractivity contribution in [2.75, 3.05) is 27.2 Å². The van der Waals surface area contributed by atoms with E-state index in [4.69, 9.17) is 17.0 Å². The zero-order valence-corrected chi connectivity index (χ0v) is 13.2. The van der Waals surface area contributed by atoms with Gasteiger partial charge in [-0.1, -0.05) is 0 Å². The first-order valence-corrected chi connectivity index (χ1v) is 7.64. The SMILES string of the molecule is COc1cc2c(cc1F)[nH]c(=S)n2CC1CCCN(C)C1. The number of piperidine rings is 1. The van der Waals surface area contributed by atoms with Crippen molar-refractivity contribution in [3.63, 3.8) is 0 Å². The topological polar surface area (TPSA) is 33.2 Å². The lowest BCUT2D eigenvalue weighted by Crippen LogP contribution is -2.34. The summed E-state index contributed by atoms with van der Waals surface area (Å²) in [5, 5.41) is 0. The van der Waals surface area contributed by atoms with Crippen LogP contribution in [0.15, 0.2) is 12.1 Å². The van der Waals surface area contributed by atoms with Gasteiger partial charge in [0.05, 0.1) is 18.1 Å². The number of fused-ring (bicyclic) bond motifs is 1. The number of likely N-dealkylation sites (tertiary alicyclic amines) is 1. The molecule has 1 aromatic heterocycles. The van der Waals surface area contributed by atoms with Crippen LogP contribution in [0.5, 0.6) is 5.75 Å². The number of halogens is 1. The summed E-state index contributed by atoms with van der Waals surface area (Å²) in [7, 11) is 3.63. The Hall–Kier alpha value is -1.40. The van der Waals surface area contributed by atoms with Gasteiger partial charge in [0, 0.05) is 25.2 Å². The molecule has 0 saturated carbocycles. The number of imidazole rings is 1. The predicted molar refractivity (Wildman–Crippen MR) is 83.9 cm³/mol. The second-order valence-electron chi connectivity index (χ2n) is 5.82. The van der Waals surface area contributed by atoms with Gasteiger partial charge in [0.2, 0.25) is 0 Å². The van der Waals surface area contributed by atoms with E-state index in [2.05, 4.69) is 21.5 Å². The zero-order valence-electron chi connectivity index (χ0n) is 12.4. The highest BCUT2D eigenvalue weighted by atomic mass is 32.1. The Labute approximate surface area is 128 Å². The largest absolute Gasteiger partial charge is 0.494 e. The quantitative estimate of drug-likeness (QED) is 0.884. The molecule has 21 heavy (non-hydrogen) atoms. The minimum atomic E-state index is -0.370. The van der Waals surface area contributed by atoms with Crippen LogP contribution in [-0.2, 0) is 6.54 Å². The lowest BCUT2D eigenvalue weighted by atomic mass is 9.98. The molecular formula is C15H20FN3OS. The van der Waals surface area contributed by atoms with E-state index in [0.717, 1.165) is 30.7 Å². The number of ether oxygens (including phenoxy) is 1. The lowest BCUT2D eigenvalue weighted by molar-refractivity contribution is 0.195. The molecule has 0 aliphatic carbocycles. The van der Waals surface area contributed by atoms with Crippen molar-refractivity contribution in [1.82, 2.24) is 14.5 Å². The first kappa shape index (κ1) is 14.5. The molecule has 1 fully saturated rings. The van der Waals surface area contributed by atoms with Gasteiger partial charge in [0.25, 0.3) is 0 Å². The average molecular weight is 309 g/mol. The molecule has 0 spiro atoms. The maximum atomic E-state index is 13.8. The molecule has 1 aliphatic heterocycles. The molecule has 1 aliphatic rings. The highest BCUT2D eigenvalue weighted by Crippen LogP contribution is 2.26. The highest BCUT2D eigenvalue weighted by molar-refractivity contribution is 7.71. The number of rotatable bonds is 3. The van der Waals surface area contributed by atoms with Crippen LogP contribution < -0.4 is 4.74 Å². The van der Waals surface area contributed by atoms with Crippen molar-refractivity contribution >= 4 is 23.3 Å². The number of aromatic nitrogens is 2. The maximum Gasteiger partial charge on any atom is 0.178 e. The fourth-order valence-electron chi connectivity index (χ4n) is 3.18. The van der Waals surface area contributed by atoms with Gasteiger partial charge in [-0.3, -0.25) is 0 Å². The van der Waals surface area contributed by atoms with E-state index >= 15 is 0 Å². The van der Waals surface area contributed by atoms with Gasteiger partial charge in [0.1, 0.15) is 0 Å². The number of methoxy groups -OCH3 is 1. The van der Waals surface area contributed by atoms with Crippen LogP contribution >= 0.6 is 12.2 Å². The molecule has 1 unspecified atom stereocenters. The number of hydrogen-bond acceptors (Lipinski definition) is 3. The minimum absolute atomic E-state index is 0.256. The molecule has 1 N–H and O–H groups in total. The van der Waals surface area contributed by atoms with Crippen LogP contribution in [0.4, 0.5) is 4.39 Å². The zero-order chi connectivity index (χ0) is 15.0. The molecule has 0 bridgehead atoms. The Morgan fingerprint density at radius 1 is 1.48 bits per heavy atom. The van der Waals surface area contributed by atoms with Crippen molar-refractivity contribution in [3.8, 4) is 5.75 Å². The summed E-state index contributed by atoms with van der Waals surface area (Å²) >= 11 is 5.40. The standard InChI is InChI=1S/C15H20FN3OS/c1-18-5-3-4-10(8-18)9-19-13-7-14(20-2)11(16)6-12(13)17-15(19)21/h6-7,10H,3-5,8-9H2,1-2H3,(H,17,21). The number of hydrogen-bond donors (Lipinski definition) is 1. The van der Waals surface area contributed by atoms with Gasteiger partial charge < -0.3 is 19.2 Å². The van der Waals surface area contributed by atoms with Gasteiger partial charge in [0.15, 0.2) is 16.3 Å². The van der Waals surface area contributed by atoms with Crippen molar-refractivity contribution in [2.24, 2.45) is 5.92 Å². The molecule has 3 rings (SSSR count). The molecule has 0 radical (unpaired) electrons. The molecule has 6 heteroatoms. The van der Waals surface area contributed by atoms with Crippen molar-refractivity contribution in [1.29, 1.82) is 0 Å². The smallest absolute Gasteiger partial charge is 0.178 e. The second kappa shape index (κ2) is 5.77. The van der Waals surface area contributed by atoms with Crippen LogP contribution in [-0.4, -0.2) is 41.7 Å². The van der Waals surface area contributed by atoms with Crippen LogP contribution in [0, 0.1) is 16.5 Å². The maximum absolute atomic E-state index is 13.8. The molecule has 0 amide bonds. The van der Waals surface area contributed by atoms with Crippen LogP contribution in [0.3, 0.4) is 0 Å². The number of nitrogens with zero attached hydrogens (tertiary/aromatic N) is 2. The van der Waals surface area contributed by atoms with Gasteiger partial charge in [-0.25, -0.2) is 4.39 Å². The van der Waals surface area contributed by atoms with E-state index in [1.807, 2.05) is 0 Å². The van der Waals surface area contributed by atoms with E-state index in [0.29, 0.717) is 10.7 Å². The molecule has 114 valence electrons. The molecule has 1 aromatic carbocycles. The monoisotopic (exact) mass is 309 g/mol. The highest BCUT2D eigenvalue weighted by Gasteiger charge is 2.19. The van der Waals surface area contributed by atoms with E-state index in [9.17, 15) is 4.39 Å². The first-order valence-electron chi connectivity index (χ1n) is 7.23. The van der Waals surface area contributed by atoms with E-state index in [-0.39, 0.29) is 11.6 Å². The second-order valence-corrected chi connectivity index (χ2v) is 6.20. The van der Waals surface area contributed by atoms with E-state index in [1.54, 1.807) is 6.07 Å². The fraction of sp³-hybridized carbons (Fsp3) is 0.533. The summed E-state index contributed by atoms with van der Waals surface area (Å²) < 4.78 is 21.6. The molecule has 1 saturated heterocycles. The van der Waals surface area contributed by atoms with Crippen molar-refractivity contribution < 1.29 is 9.13 Å². The van der Waals surface area contributed by atoms with Gasteiger partial charge in [-0.2, -0.15) is 0 Å². The third-order valence-corrected chi connectivity index (χ3v) is 4.53.